The molecule has 88 valence electrons. The van der Waals surface area contributed by atoms with Crippen molar-refractivity contribution in [2.24, 2.45) is 5.41 Å². The lowest BCUT2D eigenvalue weighted by Gasteiger charge is -2.35. The van der Waals surface area contributed by atoms with Gasteiger partial charge in [0.15, 0.2) is 5.41 Å². The summed E-state index contributed by atoms with van der Waals surface area (Å²) in [5, 5.41) is 18.7. The number of hydrogen-bond donors (Lipinski definition) is 1. The van der Waals surface area contributed by atoms with Gasteiger partial charge in [0, 0.05) is 5.92 Å². The fourth-order valence-corrected chi connectivity index (χ4v) is 2.75. The topological polar surface area (TPSA) is 61.1 Å². The number of nitrogens with zero attached hydrogens (tertiary/aromatic N) is 1. The van der Waals surface area contributed by atoms with Crippen molar-refractivity contribution < 1.29 is 9.90 Å². The Labute approximate surface area is 101 Å². The maximum Gasteiger partial charge on any atom is 0.324 e. The molecule has 1 aromatic carbocycles. The average Bonchev–Trinajstić information content (AvgIpc) is 2.39. The SMILES string of the molecule is N#C[C@]1(C(=O)O)CCCC[C@@H]1c1ccccc1. The maximum atomic E-state index is 11.5. The van der Waals surface area contributed by atoms with E-state index in [1.165, 1.54) is 0 Å². The minimum absolute atomic E-state index is 0.181. The molecule has 1 aliphatic carbocycles. The van der Waals surface area contributed by atoms with Crippen molar-refractivity contribution in [2.75, 3.05) is 0 Å². The Kier molecular flexibility index (Phi) is 3.14. The number of rotatable bonds is 2. The number of carbonyl (C=O) groups is 1. The van der Waals surface area contributed by atoms with Crippen LogP contribution in [-0.4, -0.2) is 11.1 Å². The fraction of sp³-hybridized carbons (Fsp3) is 0.429. The predicted molar refractivity (Wildman–Crippen MR) is 63.3 cm³/mol. The molecule has 0 heterocycles. The molecule has 1 N–H and O–H groups in total. The Bertz CT molecular complexity index is 449. The molecule has 17 heavy (non-hydrogen) atoms. The quantitative estimate of drug-likeness (QED) is 0.848. The molecule has 3 heteroatoms. The van der Waals surface area contributed by atoms with E-state index < -0.39 is 11.4 Å². The summed E-state index contributed by atoms with van der Waals surface area (Å²) in [7, 11) is 0. The van der Waals surface area contributed by atoms with Gasteiger partial charge >= 0.3 is 5.97 Å². The van der Waals surface area contributed by atoms with Crippen LogP contribution in [0.2, 0.25) is 0 Å². The van der Waals surface area contributed by atoms with Gasteiger partial charge in [-0.25, -0.2) is 0 Å². The molecular weight excluding hydrogens is 214 g/mol. The van der Waals surface area contributed by atoms with Crippen LogP contribution in [0, 0.1) is 16.7 Å². The second kappa shape index (κ2) is 4.58. The molecule has 0 radical (unpaired) electrons. The van der Waals surface area contributed by atoms with E-state index in [2.05, 4.69) is 6.07 Å². The van der Waals surface area contributed by atoms with E-state index in [1.54, 1.807) is 0 Å². The van der Waals surface area contributed by atoms with Crippen molar-refractivity contribution in [1.82, 2.24) is 0 Å². The fourth-order valence-electron chi connectivity index (χ4n) is 2.75. The molecule has 0 unspecified atom stereocenters. The van der Waals surface area contributed by atoms with Gasteiger partial charge < -0.3 is 5.11 Å². The smallest absolute Gasteiger partial charge is 0.324 e. The Morgan fingerprint density at radius 2 is 2.06 bits per heavy atom. The second-order valence-electron chi connectivity index (χ2n) is 4.60. The van der Waals surface area contributed by atoms with Gasteiger partial charge in [-0.1, -0.05) is 43.2 Å². The Balaban J connectivity index is 2.43. The molecule has 0 spiro atoms. The lowest BCUT2D eigenvalue weighted by Crippen LogP contribution is -2.38. The number of aliphatic carboxylic acids is 1. The Hall–Kier alpha value is -1.82. The summed E-state index contributed by atoms with van der Waals surface area (Å²) in [5.41, 5.74) is -0.268. The second-order valence-corrected chi connectivity index (χ2v) is 4.60. The third-order valence-electron chi connectivity index (χ3n) is 3.69. The van der Waals surface area contributed by atoms with E-state index >= 15 is 0 Å². The summed E-state index contributed by atoms with van der Waals surface area (Å²) in [6, 6.07) is 11.6. The van der Waals surface area contributed by atoms with Crippen LogP contribution in [-0.2, 0) is 4.79 Å². The minimum atomic E-state index is -1.24. The van der Waals surface area contributed by atoms with E-state index in [9.17, 15) is 15.2 Å². The molecule has 3 nitrogen and oxygen atoms in total. The highest BCUT2D eigenvalue weighted by molar-refractivity contribution is 5.79. The largest absolute Gasteiger partial charge is 0.480 e. The summed E-state index contributed by atoms with van der Waals surface area (Å²) >= 11 is 0. The number of carboxylic acids is 1. The predicted octanol–water partition coefficient (Wildman–Crippen LogP) is 2.94. The first-order chi connectivity index (χ1) is 8.20. The first-order valence-corrected chi connectivity index (χ1v) is 5.90. The standard InChI is InChI=1S/C14H15NO2/c15-10-14(13(16)17)9-5-4-8-12(14)11-6-2-1-3-7-11/h1-3,6-7,12H,4-5,8-9H2,(H,16,17)/t12-,14-/m1/s1. The van der Waals surface area contributed by atoms with Crippen LogP contribution in [0.15, 0.2) is 30.3 Å². The van der Waals surface area contributed by atoms with E-state index in [0.29, 0.717) is 6.42 Å². The van der Waals surface area contributed by atoms with Crippen LogP contribution in [0.5, 0.6) is 0 Å². The van der Waals surface area contributed by atoms with Crippen molar-refractivity contribution in [1.29, 1.82) is 5.26 Å². The number of nitriles is 1. The molecule has 1 aliphatic rings. The van der Waals surface area contributed by atoms with Gasteiger partial charge in [0.25, 0.3) is 0 Å². The molecule has 0 saturated heterocycles. The van der Waals surface area contributed by atoms with Crippen LogP contribution in [0.4, 0.5) is 0 Å². The normalized spacial score (nSPS) is 28.3. The zero-order chi connectivity index (χ0) is 12.3. The first kappa shape index (κ1) is 11.7. The number of carboxylic acid groups (broad SMARTS) is 1. The lowest BCUT2D eigenvalue weighted by atomic mass is 9.64. The van der Waals surface area contributed by atoms with E-state index in [1.807, 2.05) is 30.3 Å². The lowest BCUT2D eigenvalue weighted by molar-refractivity contribution is -0.148. The van der Waals surface area contributed by atoms with Crippen LogP contribution < -0.4 is 0 Å². The average molecular weight is 229 g/mol. The van der Waals surface area contributed by atoms with Gasteiger partial charge in [-0.2, -0.15) is 5.26 Å². The number of hydrogen-bond acceptors (Lipinski definition) is 2. The Morgan fingerprint density at radius 1 is 1.35 bits per heavy atom. The van der Waals surface area contributed by atoms with Gasteiger partial charge in [-0.05, 0) is 18.4 Å². The molecular formula is C14H15NO2. The highest BCUT2D eigenvalue weighted by Crippen LogP contribution is 2.47. The van der Waals surface area contributed by atoms with Crippen molar-refractivity contribution >= 4 is 5.97 Å². The molecule has 1 fully saturated rings. The van der Waals surface area contributed by atoms with Crippen molar-refractivity contribution in [3.8, 4) is 6.07 Å². The summed E-state index contributed by atoms with van der Waals surface area (Å²) in [6.07, 6.45) is 3.06. The van der Waals surface area contributed by atoms with Gasteiger partial charge in [0.2, 0.25) is 0 Å². The van der Waals surface area contributed by atoms with Crippen molar-refractivity contribution in [3.63, 3.8) is 0 Å². The Morgan fingerprint density at radius 3 is 2.65 bits per heavy atom. The third-order valence-corrected chi connectivity index (χ3v) is 3.69. The summed E-state index contributed by atoms with van der Waals surface area (Å²) in [4.78, 5) is 11.5. The molecule has 2 rings (SSSR count). The van der Waals surface area contributed by atoms with Crippen LogP contribution in [0.1, 0.15) is 37.2 Å². The first-order valence-electron chi connectivity index (χ1n) is 5.90. The molecule has 0 amide bonds. The molecule has 0 aromatic heterocycles. The summed E-state index contributed by atoms with van der Waals surface area (Å²) < 4.78 is 0. The monoisotopic (exact) mass is 229 g/mol. The van der Waals surface area contributed by atoms with Crippen LogP contribution >= 0.6 is 0 Å². The van der Waals surface area contributed by atoms with Gasteiger partial charge in [-0.3, -0.25) is 4.79 Å². The van der Waals surface area contributed by atoms with E-state index in [-0.39, 0.29) is 5.92 Å². The van der Waals surface area contributed by atoms with Crippen LogP contribution in [0.3, 0.4) is 0 Å². The zero-order valence-corrected chi connectivity index (χ0v) is 9.60. The summed E-state index contributed by atoms with van der Waals surface area (Å²) in [5.74, 6) is -1.16. The molecule has 2 atom stereocenters. The van der Waals surface area contributed by atoms with E-state index in [0.717, 1.165) is 24.8 Å². The molecule has 0 aliphatic heterocycles. The molecule has 1 aromatic rings. The van der Waals surface area contributed by atoms with Crippen molar-refractivity contribution in [3.05, 3.63) is 35.9 Å². The summed E-state index contributed by atoms with van der Waals surface area (Å²) in [6.45, 7) is 0. The molecule has 0 bridgehead atoms. The maximum absolute atomic E-state index is 11.5. The minimum Gasteiger partial charge on any atom is -0.480 e. The highest BCUT2D eigenvalue weighted by Gasteiger charge is 2.48. The van der Waals surface area contributed by atoms with Crippen LogP contribution in [0.25, 0.3) is 0 Å². The molecule has 1 saturated carbocycles. The van der Waals surface area contributed by atoms with Gasteiger partial charge in [0.1, 0.15) is 0 Å². The zero-order valence-electron chi connectivity index (χ0n) is 9.60. The van der Waals surface area contributed by atoms with E-state index in [4.69, 9.17) is 0 Å². The van der Waals surface area contributed by atoms with Gasteiger partial charge in [0.05, 0.1) is 6.07 Å². The number of benzene rings is 1. The van der Waals surface area contributed by atoms with Gasteiger partial charge in [-0.15, -0.1) is 0 Å². The van der Waals surface area contributed by atoms with Crippen molar-refractivity contribution in [2.45, 2.75) is 31.6 Å². The third kappa shape index (κ3) is 1.91. The highest BCUT2D eigenvalue weighted by atomic mass is 16.4.